The van der Waals surface area contributed by atoms with Crippen molar-refractivity contribution in [2.75, 3.05) is 27.2 Å². The van der Waals surface area contributed by atoms with E-state index in [0.717, 1.165) is 19.1 Å². The number of likely N-dealkylation sites (N-methyl/N-ethyl adjacent to an activating group) is 1. The van der Waals surface area contributed by atoms with E-state index in [0.29, 0.717) is 5.41 Å². The van der Waals surface area contributed by atoms with Gasteiger partial charge in [0.05, 0.1) is 12.2 Å². The van der Waals surface area contributed by atoms with Gasteiger partial charge >= 0.3 is 0 Å². The van der Waals surface area contributed by atoms with Crippen LogP contribution in [0.2, 0.25) is 0 Å². The topological polar surface area (TPSA) is 12.5 Å². The van der Waals surface area contributed by atoms with Gasteiger partial charge < -0.3 is 9.64 Å². The number of benzene rings is 1. The van der Waals surface area contributed by atoms with Gasteiger partial charge in [0.1, 0.15) is 0 Å². The summed E-state index contributed by atoms with van der Waals surface area (Å²) in [5.74, 6) is 0.775. The summed E-state index contributed by atoms with van der Waals surface area (Å²) in [6.45, 7) is 9.19. The van der Waals surface area contributed by atoms with Crippen molar-refractivity contribution in [1.29, 1.82) is 0 Å². The van der Waals surface area contributed by atoms with E-state index in [-0.39, 0.29) is 11.0 Å². The molecule has 0 aromatic heterocycles. The molecule has 22 heavy (non-hydrogen) atoms. The van der Waals surface area contributed by atoms with Gasteiger partial charge in [0.15, 0.2) is 0 Å². The predicted octanol–water partition coefficient (Wildman–Crippen LogP) is 4.31. The van der Waals surface area contributed by atoms with Gasteiger partial charge in [-0.1, -0.05) is 51.1 Å². The molecule has 122 valence electrons. The maximum Gasteiger partial charge on any atom is 0.0993 e. The van der Waals surface area contributed by atoms with Crippen LogP contribution in [0.15, 0.2) is 30.3 Å². The number of ether oxygens (including phenoxy) is 1. The van der Waals surface area contributed by atoms with E-state index < -0.39 is 0 Å². The average Bonchev–Trinajstić information content (AvgIpc) is 2.80. The average molecular weight is 301 g/mol. The van der Waals surface area contributed by atoms with Crippen molar-refractivity contribution in [2.24, 2.45) is 16.7 Å². The number of rotatable bonds is 5. The molecule has 3 atom stereocenters. The normalized spacial score (nSPS) is 36.2. The van der Waals surface area contributed by atoms with E-state index in [1.54, 1.807) is 0 Å². The van der Waals surface area contributed by atoms with Crippen LogP contribution in [-0.4, -0.2) is 32.1 Å². The van der Waals surface area contributed by atoms with Crippen molar-refractivity contribution in [3.63, 3.8) is 0 Å². The zero-order valence-corrected chi connectivity index (χ0v) is 14.9. The largest absolute Gasteiger partial charge is 0.368 e. The molecule has 2 unspecified atom stereocenters. The van der Waals surface area contributed by atoms with Crippen LogP contribution in [-0.2, 0) is 10.3 Å². The quantitative estimate of drug-likeness (QED) is 0.803. The van der Waals surface area contributed by atoms with Crippen LogP contribution in [0.25, 0.3) is 0 Å². The fourth-order valence-electron chi connectivity index (χ4n) is 5.10. The highest BCUT2D eigenvalue weighted by Crippen LogP contribution is 2.73. The summed E-state index contributed by atoms with van der Waals surface area (Å²) in [6, 6.07) is 11.0. The highest BCUT2D eigenvalue weighted by Gasteiger charge is 2.69. The van der Waals surface area contributed by atoms with Crippen LogP contribution < -0.4 is 0 Å². The van der Waals surface area contributed by atoms with Crippen LogP contribution >= 0.6 is 0 Å². The molecule has 2 fully saturated rings. The molecular formula is C20H31NO. The first-order valence-corrected chi connectivity index (χ1v) is 8.68. The van der Waals surface area contributed by atoms with Crippen LogP contribution in [0.1, 0.15) is 45.6 Å². The molecule has 0 saturated heterocycles. The number of hydrogen-bond donors (Lipinski definition) is 0. The van der Waals surface area contributed by atoms with Crippen LogP contribution in [0.4, 0.5) is 0 Å². The first kappa shape index (κ1) is 16.0. The predicted molar refractivity (Wildman–Crippen MR) is 91.9 cm³/mol. The van der Waals surface area contributed by atoms with E-state index >= 15 is 0 Å². The lowest BCUT2D eigenvalue weighted by Crippen LogP contribution is -2.47. The van der Waals surface area contributed by atoms with E-state index in [2.05, 4.69) is 70.1 Å². The Hall–Kier alpha value is -0.860. The highest BCUT2D eigenvalue weighted by atomic mass is 16.5. The van der Waals surface area contributed by atoms with Crippen LogP contribution in [0.5, 0.6) is 0 Å². The standard InChI is InChI=1S/C20H31NO/c1-18(2)17-11-12-19(18,3)20(15-17,22-14-13-21(4)5)16-9-7-6-8-10-16/h6-10,17H,11-15H2,1-5H3/t17?,19?,20-/m0/s1. The lowest BCUT2D eigenvalue weighted by molar-refractivity contribution is -0.148. The molecule has 2 aliphatic carbocycles. The monoisotopic (exact) mass is 301 g/mol. The molecular weight excluding hydrogens is 270 g/mol. The molecule has 0 amide bonds. The van der Waals surface area contributed by atoms with Crippen molar-refractivity contribution in [1.82, 2.24) is 4.90 Å². The summed E-state index contributed by atoms with van der Waals surface area (Å²) in [7, 11) is 4.23. The van der Waals surface area contributed by atoms with Crippen molar-refractivity contribution in [2.45, 2.75) is 45.6 Å². The Morgan fingerprint density at radius 3 is 2.32 bits per heavy atom. The second kappa shape index (κ2) is 5.35. The Kier molecular flexibility index (Phi) is 3.89. The molecule has 2 nitrogen and oxygen atoms in total. The zero-order chi connectivity index (χ0) is 16.0. The lowest BCUT2D eigenvalue weighted by atomic mass is 9.62. The number of fused-ring (bicyclic) bond motifs is 2. The molecule has 2 aliphatic rings. The van der Waals surface area contributed by atoms with E-state index in [1.165, 1.54) is 24.8 Å². The van der Waals surface area contributed by atoms with Gasteiger partial charge in [-0.3, -0.25) is 0 Å². The van der Waals surface area contributed by atoms with Crippen LogP contribution in [0, 0.1) is 16.7 Å². The van der Waals surface area contributed by atoms with Gasteiger partial charge in [-0.15, -0.1) is 0 Å². The summed E-state index contributed by atoms with van der Waals surface area (Å²) in [5, 5.41) is 0. The second-order valence-corrected chi connectivity index (χ2v) is 8.34. The third-order valence-electron chi connectivity index (χ3n) is 6.99. The molecule has 0 aliphatic heterocycles. The molecule has 2 saturated carbocycles. The molecule has 0 spiro atoms. The number of hydrogen-bond acceptors (Lipinski definition) is 2. The van der Waals surface area contributed by atoms with Gasteiger partial charge in [-0.2, -0.15) is 0 Å². The second-order valence-electron chi connectivity index (χ2n) is 8.34. The van der Waals surface area contributed by atoms with Crippen molar-refractivity contribution < 1.29 is 4.74 Å². The molecule has 0 heterocycles. The summed E-state index contributed by atoms with van der Waals surface area (Å²) in [4.78, 5) is 2.21. The Balaban J connectivity index is 1.99. The molecule has 1 aromatic rings. The first-order valence-electron chi connectivity index (χ1n) is 8.68. The van der Waals surface area contributed by atoms with E-state index in [9.17, 15) is 0 Å². The Morgan fingerprint density at radius 2 is 1.82 bits per heavy atom. The van der Waals surface area contributed by atoms with Gasteiger partial charge in [-0.05, 0) is 50.3 Å². The minimum atomic E-state index is -0.114. The summed E-state index contributed by atoms with van der Waals surface area (Å²) in [6.07, 6.45) is 3.81. The Bertz CT molecular complexity index is 524. The SMILES string of the molecule is CN(C)CCO[C@]1(c2ccccc2)CC2CCC1(C)C2(C)C. The van der Waals surface area contributed by atoms with Crippen molar-refractivity contribution >= 4 is 0 Å². The fraction of sp³-hybridized carbons (Fsp3) is 0.700. The lowest BCUT2D eigenvalue weighted by Gasteiger charge is -2.49. The molecule has 1 aromatic carbocycles. The molecule has 2 bridgehead atoms. The van der Waals surface area contributed by atoms with Gasteiger partial charge in [0.2, 0.25) is 0 Å². The fourth-order valence-corrected chi connectivity index (χ4v) is 5.10. The first-order chi connectivity index (χ1) is 10.3. The van der Waals surface area contributed by atoms with Gasteiger partial charge in [0, 0.05) is 12.0 Å². The third-order valence-corrected chi connectivity index (χ3v) is 6.99. The molecule has 2 heteroatoms. The minimum Gasteiger partial charge on any atom is -0.368 e. The Labute approximate surface area is 135 Å². The highest BCUT2D eigenvalue weighted by molar-refractivity contribution is 5.32. The maximum absolute atomic E-state index is 6.72. The van der Waals surface area contributed by atoms with Gasteiger partial charge in [0.25, 0.3) is 0 Å². The third kappa shape index (κ3) is 2.07. The van der Waals surface area contributed by atoms with E-state index in [4.69, 9.17) is 4.74 Å². The molecule has 0 N–H and O–H groups in total. The number of nitrogens with zero attached hydrogens (tertiary/aromatic N) is 1. The summed E-state index contributed by atoms with van der Waals surface area (Å²) < 4.78 is 6.72. The van der Waals surface area contributed by atoms with Crippen molar-refractivity contribution in [3.8, 4) is 0 Å². The maximum atomic E-state index is 6.72. The Morgan fingerprint density at radius 1 is 1.14 bits per heavy atom. The van der Waals surface area contributed by atoms with Crippen molar-refractivity contribution in [3.05, 3.63) is 35.9 Å². The summed E-state index contributed by atoms with van der Waals surface area (Å²) >= 11 is 0. The van der Waals surface area contributed by atoms with Crippen LogP contribution in [0.3, 0.4) is 0 Å². The molecule has 0 radical (unpaired) electrons. The van der Waals surface area contributed by atoms with Gasteiger partial charge in [-0.25, -0.2) is 0 Å². The molecule has 3 rings (SSSR count). The zero-order valence-electron chi connectivity index (χ0n) is 14.9. The minimum absolute atomic E-state index is 0.114. The summed E-state index contributed by atoms with van der Waals surface area (Å²) in [5.41, 5.74) is 1.84. The van der Waals surface area contributed by atoms with E-state index in [1.807, 2.05) is 0 Å². The smallest absolute Gasteiger partial charge is 0.0993 e.